The molecule has 1 rings (SSSR count). The molecule has 0 fully saturated rings. The van der Waals surface area contributed by atoms with Gasteiger partial charge in [-0.3, -0.25) is 4.79 Å². The van der Waals surface area contributed by atoms with Gasteiger partial charge in [0.25, 0.3) is 5.91 Å². The maximum atomic E-state index is 11.3. The molecule has 0 aliphatic rings. The van der Waals surface area contributed by atoms with E-state index >= 15 is 0 Å². The number of hydrogen-bond donors (Lipinski definition) is 2. The van der Waals surface area contributed by atoms with Gasteiger partial charge in [0.15, 0.2) is 6.61 Å². The van der Waals surface area contributed by atoms with Crippen molar-refractivity contribution in [1.29, 1.82) is 5.26 Å². The standard InChI is InChI=1S/C11H11Br2N3O2/c12-8-3-7(5-15)4-9(13)11(8)18-6-10(17)16-2-1-14/h3-4H,2,5-6,15H2,(H,16,17). The minimum Gasteiger partial charge on any atom is -0.481 e. The predicted molar refractivity (Wildman–Crippen MR) is 73.9 cm³/mol. The third-order valence-corrected chi connectivity index (χ3v) is 3.18. The highest BCUT2D eigenvalue weighted by Gasteiger charge is 2.10. The van der Waals surface area contributed by atoms with Crippen molar-refractivity contribution < 1.29 is 9.53 Å². The Bertz CT molecular complexity index is 463. The monoisotopic (exact) mass is 375 g/mol. The van der Waals surface area contributed by atoms with E-state index in [0.717, 1.165) is 5.56 Å². The van der Waals surface area contributed by atoms with Crippen LogP contribution in [0.15, 0.2) is 21.1 Å². The highest BCUT2D eigenvalue weighted by atomic mass is 79.9. The molecule has 0 aliphatic carbocycles. The minimum absolute atomic E-state index is 0.0311. The number of halogens is 2. The molecule has 0 saturated carbocycles. The van der Waals surface area contributed by atoms with Crippen LogP contribution in [0.5, 0.6) is 5.75 Å². The normalized spacial score (nSPS) is 9.67. The highest BCUT2D eigenvalue weighted by molar-refractivity contribution is 9.11. The summed E-state index contributed by atoms with van der Waals surface area (Å²) in [5, 5.41) is 10.7. The Labute approximate surface area is 122 Å². The van der Waals surface area contributed by atoms with Crippen LogP contribution in [0.3, 0.4) is 0 Å². The van der Waals surface area contributed by atoms with Gasteiger partial charge in [-0.1, -0.05) is 0 Å². The van der Waals surface area contributed by atoms with Gasteiger partial charge in [0.2, 0.25) is 0 Å². The quantitative estimate of drug-likeness (QED) is 0.765. The third-order valence-electron chi connectivity index (χ3n) is 2.01. The summed E-state index contributed by atoms with van der Waals surface area (Å²) < 4.78 is 6.80. The first-order valence-corrected chi connectivity index (χ1v) is 6.61. The molecule has 3 N–H and O–H groups in total. The number of nitrogens with two attached hydrogens (primary N) is 1. The Morgan fingerprint density at radius 2 is 2.06 bits per heavy atom. The molecule has 1 aromatic carbocycles. The van der Waals surface area contributed by atoms with E-state index in [2.05, 4.69) is 37.2 Å². The van der Waals surface area contributed by atoms with Crippen molar-refractivity contribution in [2.75, 3.05) is 13.2 Å². The van der Waals surface area contributed by atoms with Crippen LogP contribution in [0.2, 0.25) is 0 Å². The van der Waals surface area contributed by atoms with Crippen LogP contribution in [0, 0.1) is 11.3 Å². The van der Waals surface area contributed by atoms with Crippen LogP contribution < -0.4 is 15.8 Å². The van der Waals surface area contributed by atoms with Crippen LogP contribution in [0.4, 0.5) is 0 Å². The first-order valence-electron chi connectivity index (χ1n) is 5.03. The molecule has 0 unspecified atom stereocenters. The summed E-state index contributed by atoms with van der Waals surface area (Å²) in [4.78, 5) is 11.3. The van der Waals surface area contributed by atoms with Crippen molar-refractivity contribution in [3.63, 3.8) is 0 Å². The van der Waals surface area contributed by atoms with Gasteiger partial charge in [0.1, 0.15) is 12.3 Å². The summed E-state index contributed by atoms with van der Waals surface area (Å²) in [5.74, 6) is 0.178. The number of nitrogens with one attached hydrogen (secondary N) is 1. The second-order valence-electron chi connectivity index (χ2n) is 3.32. The second kappa shape index (κ2) is 7.36. The molecule has 5 nitrogen and oxygen atoms in total. The molecule has 0 spiro atoms. The Morgan fingerprint density at radius 1 is 1.44 bits per heavy atom. The van der Waals surface area contributed by atoms with Crippen molar-refractivity contribution >= 4 is 37.8 Å². The lowest BCUT2D eigenvalue weighted by molar-refractivity contribution is -0.122. The van der Waals surface area contributed by atoms with E-state index in [0.29, 0.717) is 21.2 Å². The lowest BCUT2D eigenvalue weighted by Gasteiger charge is -2.11. The molecular formula is C11H11Br2N3O2. The van der Waals surface area contributed by atoms with Crippen molar-refractivity contribution in [3.8, 4) is 11.8 Å². The lowest BCUT2D eigenvalue weighted by atomic mass is 10.2. The topological polar surface area (TPSA) is 88.1 Å². The van der Waals surface area contributed by atoms with Gasteiger partial charge < -0.3 is 15.8 Å². The van der Waals surface area contributed by atoms with Gasteiger partial charge in [0.05, 0.1) is 15.0 Å². The zero-order valence-corrected chi connectivity index (χ0v) is 12.5. The van der Waals surface area contributed by atoms with Crippen molar-refractivity contribution in [2.45, 2.75) is 6.54 Å². The van der Waals surface area contributed by atoms with Gasteiger partial charge in [0, 0.05) is 6.54 Å². The molecule has 0 aliphatic heterocycles. The number of carbonyl (C=O) groups is 1. The Kier molecular flexibility index (Phi) is 6.12. The molecule has 0 aromatic heterocycles. The van der Waals surface area contributed by atoms with Crippen molar-refractivity contribution in [1.82, 2.24) is 5.32 Å². The highest BCUT2D eigenvalue weighted by Crippen LogP contribution is 2.34. The van der Waals surface area contributed by atoms with Crippen LogP contribution in [-0.2, 0) is 11.3 Å². The first-order chi connectivity index (χ1) is 8.58. The SMILES string of the molecule is N#CCNC(=O)COc1c(Br)cc(CN)cc1Br. The second-order valence-corrected chi connectivity index (χ2v) is 5.02. The van der Waals surface area contributed by atoms with Gasteiger partial charge >= 0.3 is 0 Å². The fraction of sp³-hybridized carbons (Fsp3) is 0.273. The van der Waals surface area contributed by atoms with Crippen LogP contribution >= 0.6 is 31.9 Å². The zero-order valence-electron chi connectivity index (χ0n) is 9.37. The molecule has 1 amide bonds. The van der Waals surface area contributed by atoms with Gasteiger partial charge in [-0.25, -0.2) is 0 Å². The van der Waals surface area contributed by atoms with Gasteiger partial charge in [-0.05, 0) is 49.6 Å². The molecule has 0 radical (unpaired) electrons. The number of nitrogens with zero attached hydrogens (tertiary/aromatic N) is 1. The maximum absolute atomic E-state index is 11.3. The molecule has 0 bridgehead atoms. The van der Waals surface area contributed by atoms with E-state index in [1.165, 1.54) is 0 Å². The molecule has 7 heteroatoms. The van der Waals surface area contributed by atoms with E-state index in [9.17, 15) is 4.79 Å². The summed E-state index contributed by atoms with van der Waals surface area (Å²) in [7, 11) is 0. The number of ether oxygens (including phenoxy) is 1. The molecule has 1 aromatic rings. The number of benzene rings is 1. The maximum Gasteiger partial charge on any atom is 0.258 e. The molecule has 96 valence electrons. The number of rotatable bonds is 5. The predicted octanol–water partition coefficient (Wildman–Crippen LogP) is 1.69. The summed E-state index contributed by atoms with van der Waals surface area (Å²) in [6, 6.07) is 5.47. The summed E-state index contributed by atoms with van der Waals surface area (Å²) in [6.07, 6.45) is 0. The van der Waals surface area contributed by atoms with Crippen molar-refractivity contribution in [2.24, 2.45) is 5.73 Å². The van der Waals surface area contributed by atoms with E-state index < -0.39 is 0 Å². The Balaban J connectivity index is 2.68. The van der Waals surface area contributed by atoms with Crippen molar-refractivity contribution in [3.05, 3.63) is 26.6 Å². The third kappa shape index (κ3) is 4.29. The van der Waals surface area contributed by atoms with E-state index in [1.54, 1.807) is 0 Å². The average Bonchev–Trinajstić information content (AvgIpc) is 2.34. The van der Waals surface area contributed by atoms with Gasteiger partial charge in [-0.2, -0.15) is 5.26 Å². The first kappa shape index (κ1) is 15.0. The fourth-order valence-electron chi connectivity index (χ4n) is 1.19. The molecule has 0 saturated heterocycles. The van der Waals surface area contributed by atoms with Gasteiger partial charge in [-0.15, -0.1) is 0 Å². The van der Waals surface area contributed by atoms with Crippen LogP contribution in [-0.4, -0.2) is 19.1 Å². The van der Waals surface area contributed by atoms with E-state index in [-0.39, 0.29) is 19.1 Å². The van der Waals surface area contributed by atoms with Crippen LogP contribution in [0.25, 0.3) is 0 Å². The molecule has 0 heterocycles. The molecule has 0 atom stereocenters. The summed E-state index contributed by atoms with van der Waals surface area (Å²) >= 11 is 6.69. The minimum atomic E-state index is -0.349. The van der Waals surface area contributed by atoms with E-state index in [4.69, 9.17) is 15.7 Å². The average molecular weight is 377 g/mol. The fourth-order valence-corrected chi connectivity index (χ4v) is 2.71. The summed E-state index contributed by atoms with van der Waals surface area (Å²) in [5.41, 5.74) is 6.48. The van der Waals surface area contributed by atoms with Crippen LogP contribution in [0.1, 0.15) is 5.56 Å². The lowest BCUT2D eigenvalue weighted by Crippen LogP contribution is -2.29. The number of hydrogen-bond acceptors (Lipinski definition) is 4. The molecular weight excluding hydrogens is 366 g/mol. The van der Waals surface area contributed by atoms with E-state index in [1.807, 2.05) is 18.2 Å². The number of amides is 1. The smallest absolute Gasteiger partial charge is 0.258 e. The Morgan fingerprint density at radius 3 is 2.56 bits per heavy atom. The summed E-state index contributed by atoms with van der Waals surface area (Å²) in [6.45, 7) is 0.234. The largest absolute Gasteiger partial charge is 0.481 e. The number of nitriles is 1. The number of carbonyl (C=O) groups excluding carboxylic acids is 1. The Hall–Kier alpha value is -1.10. The zero-order chi connectivity index (χ0) is 13.5. The molecule has 18 heavy (non-hydrogen) atoms.